The number of hydrogen-bond acceptors (Lipinski definition) is 11. The number of ether oxygens (including phenoxy) is 1. The van der Waals surface area contributed by atoms with Gasteiger partial charge in [0.25, 0.3) is 20.2 Å². The van der Waals surface area contributed by atoms with Crippen molar-refractivity contribution in [3.63, 3.8) is 0 Å². The number of carbonyl (C=O) groups is 1. The number of carboxylic acids is 1. The first kappa shape index (κ1) is 27.5. The summed E-state index contributed by atoms with van der Waals surface area (Å²) < 4.78 is 72.5. The summed E-state index contributed by atoms with van der Waals surface area (Å²) in [6.07, 6.45) is 0. The number of anilines is 4. The van der Waals surface area contributed by atoms with Gasteiger partial charge in [-0.05, 0) is 42.6 Å². The monoisotopic (exact) mass is 577 g/mol. The topological polar surface area (TPSA) is 238 Å². The van der Waals surface area contributed by atoms with Crippen molar-refractivity contribution in [1.29, 1.82) is 0 Å². The van der Waals surface area contributed by atoms with E-state index in [1.807, 2.05) is 0 Å². The van der Waals surface area contributed by atoms with Crippen molar-refractivity contribution in [3.05, 3.63) is 64.1 Å². The van der Waals surface area contributed by atoms with Gasteiger partial charge in [-0.25, -0.2) is 9.59 Å². The number of methoxy groups -OCH3 is 1. The quantitative estimate of drug-likeness (QED) is 0.165. The number of aromatic carboxylic acids is 1. The Morgan fingerprint density at radius 1 is 0.974 bits per heavy atom. The van der Waals surface area contributed by atoms with Crippen LogP contribution in [0.15, 0.2) is 57.1 Å². The lowest BCUT2D eigenvalue weighted by Crippen LogP contribution is -2.17. The Morgan fingerprint density at radius 3 is 2.28 bits per heavy atom. The maximum atomic E-state index is 12.3. The minimum atomic E-state index is -4.82. The van der Waals surface area contributed by atoms with Crippen molar-refractivity contribution < 1.29 is 40.6 Å². The number of aromatic nitrogens is 3. The number of benzene rings is 3. The van der Waals surface area contributed by atoms with Gasteiger partial charge in [0.05, 0.1) is 28.9 Å². The number of H-pyrrole nitrogens is 1. The molecule has 0 saturated heterocycles. The third-order valence-corrected chi connectivity index (χ3v) is 7.26. The van der Waals surface area contributed by atoms with E-state index in [1.165, 1.54) is 32.2 Å². The highest BCUT2D eigenvalue weighted by molar-refractivity contribution is 7.86. The summed E-state index contributed by atoms with van der Waals surface area (Å²) in [6, 6.07) is 8.72. The Hall–Kier alpha value is -4.58. The summed E-state index contributed by atoms with van der Waals surface area (Å²) in [7, 11) is -8.37. The molecule has 0 fully saturated rings. The fourth-order valence-electron chi connectivity index (χ4n) is 3.85. The molecule has 0 bridgehead atoms. The van der Waals surface area contributed by atoms with Crippen LogP contribution in [0.3, 0.4) is 0 Å². The lowest BCUT2D eigenvalue weighted by atomic mass is 10.0. The number of hydrogen-bond donors (Lipinski definition) is 6. The number of para-hydroxylation sites is 1. The van der Waals surface area contributed by atoms with Crippen molar-refractivity contribution in [2.24, 2.45) is 0 Å². The van der Waals surface area contributed by atoms with E-state index < -0.39 is 41.7 Å². The van der Waals surface area contributed by atoms with E-state index >= 15 is 0 Å². The average molecular weight is 578 g/mol. The Morgan fingerprint density at radius 2 is 1.67 bits per heavy atom. The maximum Gasteiger partial charge on any atom is 0.351 e. The molecule has 0 aliphatic heterocycles. The largest absolute Gasteiger partial charge is 0.496 e. The zero-order valence-corrected chi connectivity index (χ0v) is 21.6. The molecule has 6 N–H and O–H groups in total. The Balaban J connectivity index is 1.92. The van der Waals surface area contributed by atoms with E-state index in [-0.39, 0.29) is 50.9 Å². The van der Waals surface area contributed by atoms with Crippen molar-refractivity contribution in [3.8, 4) is 5.75 Å². The zero-order chi connectivity index (χ0) is 28.7. The highest BCUT2D eigenvalue weighted by atomic mass is 32.2. The molecule has 1 aromatic heterocycles. The predicted molar refractivity (Wildman–Crippen MR) is 137 cm³/mol. The van der Waals surface area contributed by atoms with Crippen molar-refractivity contribution in [1.82, 2.24) is 15.0 Å². The summed E-state index contributed by atoms with van der Waals surface area (Å²) in [5.41, 5.74) is -1.09. The van der Waals surface area contributed by atoms with Crippen LogP contribution in [0.5, 0.6) is 5.75 Å². The van der Waals surface area contributed by atoms with E-state index in [0.717, 1.165) is 18.2 Å². The second-order valence-corrected chi connectivity index (χ2v) is 10.8. The van der Waals surface area contributed by atoms with Crippen LogP contribution in [0.25, 0.3) is 10.8 Å². The molecule has 0 radical (unpaired) electrons. The second-order valence-electron chi connectivity index (χ2n) is 7.98. The van der Waals surface area contributed by atoms with Crippen molar-refractivity contribution >= 4 is 60.2 Å². The van der Waals surface area contributed by atoms with Crippen molar-refractivity contribution in [2.45, 2.75) is 16.7 Å². The normalized spacial score (nSPS) is 11.8. The Kier molecular flexibility index (Phi) is 7.00. The lowest BCUT2D eigenvalue weighted by Gasteiger charge is -2.17. The van der Waals surface area contributed by atoms with Gasteiger partial charge in [-0.2, -0.15) is 26.8 Å². The molecule has 1 heterocycles. The van der Waals surface area contributed by atoms with Crippen LogP contribution in [-0.4, -0.2) is 59.1 Å². The first-order valence-electron chi connectivity index (χ1n) is 10.6. The Labute approximate surface area is 220 Å². The second kappa shape index (κ2) is 9.95. The summed E-state index contributed by atoms with van der Waals surface area (Å²) >= 11 is 0. The SMILES string of the molecule is COc1c(C)c(S(=O)(=O)O)cc2cc(S(=O)(=O)O)cc(Nc3nc(Nc4ccccc4C(=O)O)nc(=O)[nH]3)c12. The molecule has 3 aromatic carbocycles. The van der Waals surface area contributed by atoms with E-state index in [9.17, 15) is 40.6 Å². The molecule has 15 nitrogen and oxygen atoms in total. The molecule has 4 rings (SSSR count). The van der Waals surface area contributed by atoms with Gasteiger partial charge in [-0.1, -0.05) is 12.1 Å². The van der Waals surface area contributed by atoms with Crippen LogP contribution in [0.1, 0.15) is 15.9 Å². The molecule has 17 heteroatoms. The van der Waals surface area contributed by atoms with Crippen LogP contribution in [-0.2, 0) is 20.2 Å². The number of aromatic amines is 1. The van der Waals surface area contributed by atoms with Crippen molar-refractivity contribution in [2.75, 3.05) is 17.7 Å². The highest BCUT2D eigenvalue weighted by Gasteiger charge is 2.24. The number of carboxylic acid groups (broad SMARTS) is 1. The first-order chi connectivity index (χ1) is 18.2. The molecule has 4 aromatic rings. The highest BCUT2D eigenvalue weighted by Crippen LogP contribution is 2.41. The standard InChI is InChI=1S/C22H19N5O10S2/c1-10-16(39(34,35)36)8-11-7-12(38(31,32)33)9-15(17(11)18(10)37-2)24-21-25-20(26-22(30)27-21)23-14-6-4-3-5-13(14)19(28)29/h3-9H,1-2H3,(H,28,29)(H,31,32,33)(H,34,35,36)(H3,23,24,25,26,27,30). The number of nitrogens with zero attached hydrogens (tertiary/aromatic N) is 2. The maximum absolute atomic E-state index is 12.3. The molecule has 0 spiro atoms. The average Bonchev–Trinajstić information content (AvgIpc) is 2.82. The van der Waals surface area contributed by atoms with Crippen LogP contribution in [0, 0.1) is 6.92 Å². The van der Waals surface area contributed by atoms with Gasteiger partial charge >= 0.3 is 11.7 Å². The summed E-state index contributed by atoms with van der Waals surface area (Å²) in [6.45, 7) is 1.34. The summed E-state index contributed by atoms with van der Waals surface area (Å²) in [5.74, 6) is -1.93. The van der Waals surface area contributed by atoms with Crippen LogP contribution >= 0.6 is 0 Å². The molecule has 204 valence electrons. The fraction of sp³-hybridized carbons (Fsp3) is 0.0909. The molecule has 39 heavy (non-hydrogen) atoms. The van der Waals surface area contributed by atoms with Gasteiger partial charge < -0.3 is 20.5 Å². The zero-order valence-electron chi connectivity index (χ0n) is 20.0. The molecule has 0 unspecified atom stereocenters. The van der Waals surface area contributed by atoms with Gasteiger partial charge in [0, 0.05) is 10.9 Å². The summed E-state index contributed by atoms with van der Waals surface area (Å²) in [5, 5.41) is 14.7. The van der Waals surface area contributed by atoms with E-state index in [4.69, 9.17) is 4.74 Å². The predicted octanol–water partition coefficient (Wildman–Crippen LogP) is 2.31. The fourth-order valence-corrected chi connectivity index (χ4v) is 5.15. The minimum absolute atomic E-state index is 0.0148. The van der Waals surface area contributed by atoms with E-state index in [2.05, 4.69) is 25.6 Å². The molecule has 0 aliphatic carbocycles. The molecule has 0 aliphatic rings. The number of rotatable bonds is 8. The number of nitrogens with one attached hydrogen (secondary N) is 3. The lowest BCUT2D eigenvalue weighted by molar-refractivity contribution is 0.0698. The molecule has 0 saturated carbocycles. The van der Waals surface area contributed by atoms with Crippen LogP contribution in [0.4, 0.5) is 23.3 Å². The van der Waals surface area contributed by atoms with Gasteiger partial charge in [0.15, 0.2) is 0 Å². The molecular weight excluding hydrogens is 558 g/mol. The molecular formula is C22H19N5O10S2. The summed E-state index contributed by atoms with van der Waals surface area (Å²) in [4.78, 5) is 32.6. The van der Waals surface area contributed by atoms with Gasteiger partial charge in [0.1, 0.15) is 10.6 Å². The van der Waals surface area contributed by atoms with Gasteiger partial charge in [-0.3, -0.25) is 14.1 Å². The molecule has 0 amide bonds. The Bertz CT molecular complexity index is 1920. The smallest absolute Gasteiger partial charge is 0.351 e. The molecule has 0 atom stereocenters. The first-order valence-corrected chi connectivity index (χ1v) is 13.5. The van der Waals surface area contributed by atoms with Gasteiger partial charge in [0.2, 0.25) is 11.9 Å². The third kappa shape index (κ3) is 5.65. The van der Waals surface area contributed by atoms with Gasteiger partial charge in [-0.15, -0.1) is 0 Å². The number of fused-ring (bicyclic) bond motifs is 1. The van der Waals surface area contributed by atoms with Crippen LogP contribution in [0.2, 0.25) is 0 Å². The van der Waals surface area contributed by atoms with E-state index in [1.54, 1.807) is 6.07 Å². The van der Waals surface area contributed by atoms with Crippen LogP contribution < -0.4 is 21.1 Å². The van der Waals surface area contributed by atoms with E-state index in [0.29, 0.717) is 0 Å². The third-order valence-electron chi connectivity index (χ3n) is 5.45. The minimum Gasteiger partial charge on any atom is -0.496 e.